The molecule has 3 N–H and O–H groups in total. The molecule has 11 nitrogen and oxygen atoms in total. The van der Waals surface area contributed by atoms with Crippen LogP contribution in [0.1, 0.15) is 28.4 Å². The number of anilines is 2. The van der Waals surface area contributed by atoms with Crippen molar-refractivity contribution in [2.45, 2.75) is 19.9 Å². The zero-order chi connectivity index (χ0) is 28.2. The van der Waals surface area contributed by atoms with Gasteiger partial charge in [-0.2, -0.15) is 0 Å². The number of amides is 1. The smallest absolute Gasteiger partial charge is 0.339 e. The van der Waals surface area contributed by atoms with Crippen LogP contribution >= 0.6 is 0 Å². The van der Waals surface area contributed by atoms with Crippen LogP contribution in [-0.4, -0.2) is 103 Å². The predicted molar refractivity (Wildman–Crippen MR) is 154 cm³/mol. The monoisotopic (exact) mass is 546 g/mol. The third kappa shape index (κ3) is 6.04. The average molecular weight is 547 g/mol. The zero-order valence-corrected chi connectivity index (χ0v) is 23.3. The highest BCUT2D eigenvalue weighted by Gasteiger charge is 2.28. The highest BCUT2D eigenvalue weighted by Crippen LogP contribution is 2.27. The van der Waals surface area contributed by atoms with Gasteiger partial charge < -0.3 is 35.0 Å². The van der Waals surface area contributed by atoms with Crippen LogP contribution in [-0.2, 0) is 22.5 Å². The Kier molecular flexibility index (Phi) is 8.20. The van der Waals surface area contributed by atoms with Gasteiger partial charge in [0.1, 0.15) is 17.5 Å². The van der Waals surface area contributed by atoms with Gasteiger partial charge in [-0.25, -0.2) is 9.78 Å². The van der Waals surface area contributed by atoms with Crippen molar-refractivity contribution in [2.75, 3.05) is 75.8 Å². The molecule has 2 fully saturated rings. The number of rotatable bonds is 6. The number of hydrogen-bond acceptors (Lipinski definition) is 9. The minimum absolute atomic E-state index is 0.00855. The lowest BCUT2D eigenvalue weighted by atomic mass is 9.98. The van der Waals surface area contributed by atoms with Crippen molar-refractivity contribution in [3.05, 3.63) is 65.1 Å². The maximum absolute atomic E-state index is 13.2. The summed E-state index contributed by atoms with van der Waals surface area (Å²) in [4.78, 5) is 39.7. The Morgan fingerprint density at radius 2 is 1.82 bits per heavy atom. The number of hydrogen-bond donors (Lipinski definition) is 2. The molecule has 0 unspecified atom stereocenters. The van der Waals surface area contributed by atoms with Gasteiger partial charge in [0.25, 0.3) is 0 Å². The number of fused-ring (bicyclic) bond motifs is 1. The van der Waals surface area contributed by atoms with Crippen molar-refractivity contribution in [3.63, 3.8) is 0 Å². The standard InChI is InChI=1S/C29H38N8O3/c1-3-40-29(39)22-5-7-27(32-18-22)36-14-15-37(28(38)20-36)24-6-4-21-8-9-35(19-23(21)16-24)26(31)17-25(30)34-12-10-33(2)11-13-34/h4-7,16-18,31H,3,8-15,19-20,30H2,1-2H3. The van der Waals surface area contributed by atoms with Crippen molar-refractivity contribution >= 4 is 29.2 Å². The van der Waals surface area contributed by atoms with Crippen molar-refractivity contribution in [1.82, 2.24) is 19.7 Å². The van der Waals surface area contributed by atoms with E-state index in [-0.39, 0.29) is 12.5 Å². The van der Waals surface area contributed by atoms with E-state index in [1.54, 1.807) is 25.1 Å². The summed E-state index contributed by atoms with van der Waals surface area (Å²) in [5.41, 5.74) is 9.99. The third-order valence-corrected chi connectivity index (χ3v) is 7.81. The van der Waals surface area contributed by atoms with Crippen molar-refractivity contribution in [3.8, 4) is 0 Å². The molecule has 1 aromatic heterocycles. The number of nitrogens with zero attached hydrogens (tertiary/aromatic N) is 6. The molecule has 5 rings (SSSR count). The number of benzene rings is 1. The number of carbonyl (C=O) groups excluding carboxylic acids is 2. The van der Waals surface area contributed by atoms with E-state index < -0.39 is 5.97 Å². The van der Waals surface area contributed by atoms with Crippen LogP contribution in [0, 0.1) is 5.41 Å². The molecule has 2 aromatic rings. The molecule has 1 amide bonds. The molecular formula is C29H38N8O3. The minimum atomic E-state index is -0.405. The quantitative estimate of drug-likeness (QED) is 0.315. The first-order chi connectivity index (χ1) is 19.3. The van der Waals surface area contributed by atoms with Crippen LogP contribution in [0.15, 0.2) is 48.4 Å². The van der Waals surface area contributed by atoms with E-state index in [2.05, 4.69) is 34.0 Å². The van der Waals surface area contributed by atoms with Gasteiger partial charge in [-0.05, 0) is 55.8 Å². The Balaban J connectivity index is 1.21. The second-order valence-electron chi connectivity index (χ2n) is 10.5. The summed E-state index contributed by atoms with van der Waals surface area (Å²) in [5.74, 6) is 1.30. The third-order valence-electron chi connectivity index (χ3n) is 7.81. The first kappa shape index (κ1) is 27.4. The van der Waals surface area contributed by atoms with Gasteiger partial charge in [0, 0.05) is 70.3 Å². The fourth-order valence-electron chi connectivity index (χ4n) is 5.35. The van der Waals surface area contributed by atoms with Crippen molar-refractivity contribution < 1.29 is 14.3 Å². The highest BCUT2D eigenvalue weighted by atomic mass is 16.5. The molecule has 3 aliphatic rings. The van der Waals surface area contributed by atoms with E-state index in [1.807, 2.05) is 20.8 Å². The Morgan fingerprint density at radius 3 is 2.52 bits per heavy atom. The first-order valence-electron chi connectivity index (χ1n) is 13.9. The summed E-state index contributed by atoms with van der Waals surface area (Å²) in [7, 11) is 2.11. The van der Waals surface area contributed by atoms with Gasteiger partial charge in [-0.15, -0.1) is 0 Å². The van der Waals surface area contributed by atoms with Crippen LogP contribution in [0.5, 0.6) is 0 Å². The SMILES string of the molecule is CCOC(=O)c1ccc(N2CCN(c3ccc4c(c3)CN(C(=N)C=C(N)N3CCN(C)CC3)CC4)C(=O)C2)nc1. The topological polar surface area (TPSA) is 122 Å². The Labute approximate surface area is 235 Å². The molecule has 11 heteroatoms. The normalized spacial score (nSPS) is 18.6. The summed E-state index contributed by atoms with van der Waals surface area (Å²) >= 11 is 0. The summed E-state index contributed by atoms with van der Waals surface area (Å²) in [6.07, 6.45) is 4.11. The lowest BCUT2D eigenvalue weighted by molar-refractivity contribution is -0.117. The second-order valence-corrected chi connectivity index (χ2v) is 10.5. The molecule has 4 heterocycles. The predicted octanol–water partition coefficient (Wildman–Crippen LogP) is 1.49. The van der Waals surface area contributed by atoms with Gasteiger partial charge in [-0.1, -0.05) is 6.07 Å². The number of esters is 1. The molecule has 0 bridgehead atoms. The summed E-state index contributed by atoms with van der Waals surface area (Å²) in [5, 5.41) is 8.69. The molecular weight excluding hydrogens is 508 g/mol. The van der Waals surface area contributed by atoms with Crippen LogP contribution in [0.3, 0.4) is 0 Å². The fourth-order valence-corrected chi connectivity index (χ4v) is 5.35. The number of amidine groups is 1. The highest BCUT2D eigenvalue weighted by molar-refractivity contribution is 5.98. The van der Waals surface area contributed by atoms with Gasteiger partial charge >= 0.3 is 5.97 Å². The largest absolute Gasteiger partial charge is 0.462 e. The summed E-state index contributed by atoms with van der Waals surface area (Å²) < 4.78 is 5.02. The molecule has 40 heavy (non-hydrogen) atoms. The van der Waals surface area contributed by atoms with E-state index in [0.717, 1.165) is 50.4 Å². The van der Waals surface area contributed by atoms with Crippen LogP contribution < -0.4 is 15.5 Å². The Hall–Kier alpha value is -4.12. The number of ether oxygens (including phenoxy) is 1. The Bertz CT molecular complexity index is 1290. The average Bonchev–Trinajstić information content (AvgIpc) is 2.97. The summed E-state index contributed by atoms with van der Waals surface area (Å²) in [6.45, 7) is 8.47. The number of aromatic nitrogens is 1. The lowest BCUT2D eigenvalue weighted by Gasteiger charge is -2.36. The second kappa shape index (κ2) is 12.0. The molecule has 3 aliphatic heterocycles. The number of likely N-dealkylation sites (N-methyl/N-ethyl adjacent to an activating group) is 1. The van der Waals surface area contributed by atoms with Crippen molar-refractivity contribution in [1.29, 1.82) is 5.41 Å². The van der Waals surface area contributed by atoms with E-state index >= 15 is 0 Å². The van der Waals surface area contributed by atoms with E-state index in [9.17, 15) is 9.59 Å². The maximum Gasteiger partial charge on any atom is 0.339 e. The summed E-state index contributed by atoms with van der Waals surface area (Å²) in [6, 6.07) is 9.64. The maximum atomic E-state index is 13.2. The molecule has 0 spiro atoms. The number of piperazine rings is 2. The first-order valence-corrected chi connectivity index (χ1v) is 13.9. The molecule has 0 saturated carbocycles. The number of pyridine rings is 1. The van der Waals surface area contributed by atoms with E-state index in [0.29, 0.717) is 49.3 Å². The van der Waals surface area contributed by atoms with E-state index in [4.69, 9.17) is 15.9 Å². The lowest BCUT2D eigenvalue weighted by Crippen LogP contribution is -2.51. The van der Waals surface area contributed by atoms with Crippen LogP contribution in [0.4, 0.5) is 11.5 Å². The van der Waals surface area contributed by atoms with E-state index in [1.165, 1.54) is 11.8 Å². The molecule has 1 aromatic carbocycles. The minimum Gasteiger partial charge on any atom is -0.462 e. The van der Waals surface area contributed by atoms with Crippen molar-refractivity contribution in [2.24, 2.45) is 5.73 Å². The van der Waals surface area contributed by atoms with Gasteiger partial charge in [0.2, 0.25) is 5.91 Å². The Morgan fingerprint density at radius 1 is 1.02 bits per heavy atom. The van der Waals surface area contributed by atoms with Gasteiger partial charge in [0.15, 0.2) is 0 Å². The van der Waals surface area contributed by atoms with Gasteiger partial charge in [0.05, 0.1) is 18.7 Å². The van der Waals surface area contributed by atoms with Crippen LogP contribution in [0.2, 0.25) is 0 Å². The number of carbonyl (C=O) groups is 2. The zero-order valence-electron chi connectivity index (χ0n) is 23.3. The molecule has 0 atom stereocenters. The number of nitrogens with two attached hydrogens (primary N) is 1. The number of nitrogens with one attached hydrogen (secondary N) is 1. The van der Waals surface area contributed by atoms with Crippen LogP contribution in [0.25, 0.3) is 0 Å². The molecule has 212 valence electrons. The molecule has 2 saturated heterocycles. The molecule has 0 aliphatic carbocycles. The molecule has 0 radical (unpaired) electrons. The fraction of sp³-hybridized carbons (Fsp3) is 0.448. The van der Waals surface area contributed by atoms with Gasteiger partial charge in [-0.3, -0.25) is 10.2 Å².